The molecule has 0 aromatic heterocycles. The first kappa shape index (κ1) is 14.5. The van der Waals surface area contributed by atoms with Crippen molar-refractivity contribution in [3.05, 3.63) is 34.6 Å². The fourth-order valence-electron chi connectivity index (χ4n) is 1.99. The second kappa shape index (κ2) is 5.83. The fraction of sp³-hybridized carbons (Fsp3) is 0.571. The van der Waals surface area contributed by atoms with Gasteiger partial charge in [0.25, 0.3) is 0 Å². The standard InChI is InChI=1S/C14H21ClFN/c1-14(2,3)9-11(17-4)8-10-6-5-7-12(16)13(10)15/h5-7,11,17H,8-9H2,1-4H3. The zero-order valence-corrected chi connectivity index (χ0v) is 11.7. The van der Waals surface area contributed by atoms with Crippen molar-refractivity contribution in [2.45, 2.75) is 39.7 Å². The van der Waals surface area contributed by atoms with Gasteiger partial charge in [-0.15, -0.1) is 0 Å². The molecule has 96 valence electrons. The quantitative estimate of drug-likeness (QED) is 0.858. The van der Waals surface area contributed by atoms with Crippen molar-refractivity contribution in [1.29, 1.82) is 0 Å². The second-order valence-corrected chi connectivity index (χ2v) is 6.05. The van der Waals surface area contributed by atoms with Crippen molar-refractivity contribution in [2.24, 2.45) is 5.41 Å². The Hall–Kier alpha value is -0.600. The van der Waals surface area contributed by atoms with Gasteiger partial charge in [-0.3, -0.25) is 0 Å². The molecule has 1 rings (SSSR count). The predicted octanol–water partition coefficient (Wildman–Crippen LogP) is 4.05. The first-order valence-corrected chi connectivity index (χ1v) is 6.31. The molecule has 0 aliphatic carbocycles. The Morgan fingerprint density at radius 3 is 2.53 bits per heavy atom. The van der Waals surface area contributed by atoms with E-state index in [2.05, 4.69) is 26.1 Å². The van der Waals surface area contributed by atoms with E-state index in [9.17, 15) is 4.39 Å². The predicted molar refractivity (Wildman–Crippen MR) is 72.0 cm³/mol. The minimum atomic E-state index is -0.338. The molecule has 0 amide bonds. The van der Waals surface area contributed by atoms with Gasteiger partial charge in [-0.05, 0) is 36.9 Å². The van der Waals surface area contributed by atoms with E-state index >= 15 is 0 Å². The summed E-state index contributed by atoms with van der Waals surface area (Å²) in [6.45, 7) is 6.60. The van der Waals surface area contributed by atoms with Crippen LogP contribution in [0.25, 0.3) is 0 Å². The van der Waals surface area contributed by atoms with Gasteiger partial charge in [-0.2, -0.15) is 0 Å². The summed E-state index contributed by atoms with van der Waals surface area (Å²) in [4.78, 5) is 0. The Kier molecular flexibility index (Phi) is 4.96. The van der Waals surface area contributed by atoms with Crippen molar-refractivity contribution in [2.75, 3.05) is 7.05 Å². The molecule has 0 saturated heterocycles. The van der Waals surface area contributed by atoms with E-state index in [-0.39, 0.29) is 16.3 Å². The number of likely N-dealkylation sites (N-methyl/N-ethyl adjacent to an activating group) is 1. The van der Waals surface area contributed by atoms with Gasteiger partial charge in [0.2, 0.25) is 0 Å². The molecule has 0 aliphatic heterocycles. The number of benzene rings is 1. The highest BCUT2D eigenvalue weighted by Crippen LogP contribution is 2.25. The van der Waals surface area contributed by atoms with Crippen molar-refractivity contribution < 1.29 is 4.39 Å². The third-order valence-corrected chi connectivity index (χ3v) is 3.19. The molecule has 0 radical (unpaired) electrons. The highest BCUT2D eigenvalue weighted by molar-refractivity contribution is 6.31. The molecule has 1 aromatic rings. The first-order chi connectivity index (χ1) is 7.83. The number of halogens is 2. The SMILES string of the molecule is CNC(Cc1cccc(F)c1Cl)CC(C)(C)C. The van der Waals surface area contributed by atoms with Gasteiger partial charge in [0.1, 0.15) is 5.82 Å². The summed E-state index contributed by atoms with van der Waals surface area (Å²) in [6, 6.07) is 5.30. The third-order valence-electron chi connectivity index (χ3n) is 2.76. The van der Waals surface area contributed by atoms with Crippen LogP contribution in [0.15, 0.2) is 18.2 Å². The lowest BCUT2D eigenvalue weighted by molar-refractivity contribution is 0.316. The van der Waals surface area contributed by atoms with Crippen molar-refractivity contribution >= 4 is 11.6 Å². The van der Waals surface area contributed by atoms with Crippen LogP contribution in [0.5, 0.6) is 0 Å². The minimum absolute atomic E-state index is 0.244. The summed E-state index contributed by atoms with van der Waals surface area (Å²) < 4.78 is 13.3. The van der Waals surface area contributed by atoms with Gasteiger partial charge < -0.3 is 5.32 Å². The van der Waals surface area contributed by atoms with Crippen LogP contribution in [0.4, 0.5) is 4.39 Å². The van der Waals surface area contributed by atoms with E-state index in [4.69, 9.17) is 11.6 Å². The van der Waals surface area contributed by atoms with Crippen LogP contribution in [0.3, 0.4) is 0 Å². The molecule has 0 aliphatic rings. The van der Waals surface area contributed by atoms with E-state index in [0.29, 0.717) is 6.04 Å². The zero-order valence-electron chi connectivity index (χ0n) is 11.0. The van der Waals surface area contributed by atoms with Crippen LogP contribution in [0, 0.1) is 11.2 Å². The Labute approximate surface area is 108 Å². The van der Waals surface area contributed by atoms with E-state index < -0.39 is 0 Å². The lowest BCUT2D eigenvalue weighted by Gasteiger charge is -2.26. The molecule has 0 saturated carbocycles. The summed E-state index contributed by atoms with van der Waals surface area (Å²) in [5.74, 6) is -0.338. The number of hydrogen-bond acceptors (Lipinski definition) is 1. The van der Waals surface area contributed by atoms with E-state index in [1.165, 1.54) is 6.07 Å². The Bertz CT molecular complexity index is 371. The molecule has 0 heterocycles. The van der Waals surface area contributed by atoms with E-state index in [1.807, 2.05) is 13.1 Å². The van der Waals surface area contributed by atoms with E-state index in [0.717, 1.165) is 18.4 Å². The maximum Gasteiger partial charge on any atom is 0.142 e. The van der Waals surface area contributed by atoms with Crippen LogP contribution in [-0.4, -0.2) is 13.1 Å². The summed E-state index contributed by atoms with van der Waals surface area (Å²) in [7, 11) is 1.93. The fourth-order valence-corrected chi connectivity index (χ4v) is 2.19. The normalized spacial score (nSPS) is 13.8. The van der Waals surface area contributed by atoms with Crippen LogP contribution < -0.4 is 5.32 Å². The number of hydrogen-bond donors (Lipinski definition) is 1. The highest BCUT2D eigenvalue weighted by atomic mass is 35.5. The smallest absolute Gasteiger partial charge is 0.142 e. The molecule has 1 unspecified atom stereocenters. The highest BCUT2D eigenvalue weighted by Gasteiger charge is 2.19. The van der Waals surface area contributed by atoms with Crippen LogP contribution >= 0.6 is 11.6 Å². The van der Waals surface area contributed by atoms with Gasteiger partial charge in [-0.25, -0.2) is 4.39 Å². The topological polar surface area (TPSA) is 12.0 Å². The lowest BCUT2D eigenvalue weighted by atomic mass is 9.86. The molecular formula is C14H21ClFN. The van der Waals surface area contributed by atoms with Crippen molar-refractivity contribution in [3.63, 3.8) is 0 Å². The number of rotatable bonds is 4. The number of nitrogens with one attached hydrogen (secondary N) is 1. The maximum absolute atomic E-state index is 13.3. The van der Waals surface area contributed by atoms with Gasteiger partial charge in [0, 0.05) is 6.04 Å². The molecule has 17 heavy (non-hydrogen) atoms. The van der Waals surface area contributed by atoms with Gasteiger partial charge in [0.15, 0.2) is 0 Å². The minimum Gasteiger partial charge on any atom is -0.317 e. The molecule has 1 N–H and O–H groups in total. The molecule has 0 fully saturated rings. The zero-order chi connectivity index (χ0) is 13.1. The average molecular weight is 258 g/mol. The van der Waals surface area contributed by atoms with Crippen LogP contribution in [0.2, 0.25) is 5.02 Å². The van der Waals surface area contributed by atoms with Gasteiger partial charge in [0.05, 0.1) is 5.02 Å². The average Bonchev–Trinajstić information content (AvgIpc) is 2.21. The second-order valence-electron chi connectivity index (χ2n) is 5.67. The summed E-state index contributed by atoms with van der Waals surface area (Å²) in [6.07, 6.45) is 1.78. The third kappa shape index (κ3) is 4.64. The lowest BCUT2D eigenvalue weighted by Crippen LogP contribution is -2.32. The Morgan fingerprint density at radius 2 is 2.00 bits per heavy atom. The Morgan fingerprint density at radius 1 is 1.35 bits per heavy atom. The molecule has 1 atom stereocenters. The monoisotopic (exact) mass is 257 g/mol. The summed E-state index contributed by atoms with van der Waals surface area (Å²) in [5.41, 5.74) is 1.11. The summed E-state index contributed by atoms with van der Waals surface area (Å²) in [5, 5.41) is 3.52. The molecule has 0 bridgehead atoms. The molecular weight excluding hydrogens is 237 g/mol. The Balaban J connectivity index is 2.77. The maximum atomic E-state index is 13.3. The largest absolute Gasteiger partial charge is 0.317 e. The first-order valence-electron chi connectivity index (χ1n) is 5.93. The van der Waals surface area contributed by atoms with Gasteiger partial charge in [-0.1, -0.05) is 44.5 Å². The van der Waals surface area contributed by atoms with Crippen molar-refractivity contribution in [1.82, 2.24) is 5.32 Å². The molecule has 1 aromatic carbocycles. The summed E-state index contributed by atoms with van der Waals surface area (Å²) >= 11 is 5.96. The van der Waals surface area contributed by atoms with E-state index in [1.54, 1.807) is 6.07 Å². The molecule has 3 heteroatoms. The van der Waals surface area contributed by atoms with Crippen molar-refractivity contribution in [3.8, 4) is 0 Å². The van der Waals surface area contributed by atoms with Gasteiger partial charge >= 0.3 is 0 Å². The molecule has 1 nitrogen and oxygen atoms in total. The molecule has 0 spiro atoms. The van der Waals surface area contributed by atoms with Crippen LogP contribution in [-0.2, 0) is 6.42 Å². The van der Waals surface area contributed by atoms with Crippen LogP contribution in [0.1, 0.15) is 32.8 Å².